The highest BCUT2D eigenvalue weighted by Gasteiger charge is 2.30. The smallest absolute Gasteiger partial charge is 0.462 e. The maximum absolute atomic E-state index is 13.0. The average Bonchev–Trinajstić information content (AvgIpc) is 3.54. The topological polar surface area (TPSA) is 237 Å². The Morgan fingerprint density at radius 1 is 0.287 bits per heavy atom. The lowest BCUT2D eigenvalue weighted by Crippen LogP contribution is -2.30. The summed E-state index contributed by atoms with van der Waals surface area (Å²) in [5, 5.41) is 10.6. The van der Waals surface area contributed by atoms with E-state index < -0.39 is 97.5 Å². The molecule has 0 fully saturated rings. The van der Waals surface area contributed by atoms with Crippen LogP contribution in [0.25, 0.3) is 0 Å². The van der Waals surface area contributed by atoms with E-state index in [2.05, 4.69) is 55.4 Å². The zero-order valence-electron chi connectivity index (χ0n) is 56.6. The van der Waals surface area contributed by atoms with Gasteiger partial charge >= 0.3 is 39.5 Å². The molecule has 516 valence electrons. The summed E-state index contributed by atoms with van der Waals surface area (Å²) in [5.41, 5.74) is 0. The molecule has 3 N–H and O–H groups in total. The lowest BCUT2D eigenvalue weighted by molar-refractivity contribution is -0.161. The number of aliphatic hydroxyl groups is 1. The quantitative estimate of drug-likeness (QED) is 0.0222. The summed E-state index contributed by atoms with van der Waals surface area (Å²) >= 11 is 0. The fourth-order valence-electron chi connectivity index (χ4n) is 10.1. The number of hydrogen-bond donors (Lipinski definition) is 3. The molecule has 0 aliphatic heterocycles. The van der Waals surface area contributed by atoms with Crippen molar-refractivity contribution in [1.29, 1.82) is 0 Å². The standard InChI is InChI=1S/C68H132O17P2/c1-58(2)44-36-28-20-16-14-12-10-9-11-13-15-17-23-34-42-50-67(72)84-63(55-79-66(71)49-41-33-26-24-30-38-46-60(5)6)56-82-86(74,75)80-52-62(69)53-81-87(76,77)83-57-64(85-68(73)51-43-35-27-25-31-39-47-61(7)8)54-78-65(70)48-40-32-22-19-18-21-29-37-45-59(3)4/h58-64,69H,9-57H2,1-8H3,(H,74,75)(H,76,77)/t62?,63-,64-/m1/s1. The molecule has 0 aromatic rings. The van der Waals surface area contributed by atoms with E-state index >= 15 is 0 Å². The third-order valence-electron chi connectivity index (χ3n) is 15.6. The molecule has 0 aromatic heterocycles. The number of phosphoric ester groups is 2. The lowest BCUT2D eigenvalue weighted by Gasteiger charge is -2.21. The zero-order valence-corrected chi connectivity index (χ0v) is 58.4. The van der Waals surface area contributed by atoms with Gasteiger partial charge in [0.25, 0.3) is 0 Å². The average molecular weight is 1280 g/mol. The van der Waals surface area contributed by atoms with Crippen LogP contribution in [0, 0.1) is 23.7 Å². The maximum atomic E-state index is 13.0. The monoisotopic (exact) mass is 1280 g/mol. The molecule has 0 saturated heterocycles. The first-order chi connectivity index (χ1) is 41.6. The fraction of sp³-hybridized carbons (Fsp3) is 0.941. The molecule has 0 amide bonds. The van der Waals surface area contributed by atoms with Gasteiger partial charge in [-0.05, 0) is 49.4 Å². The minimum absolute atomic E-state index is 0.101. The SMILES string of the molecule is CC(C)CCCCCCCCCCCCCCCCCC(=O)O[C@H](COC(=O)CCCCCCCCC(C)C)COP(=O)(O)OCC(O)COP(=O)(O)OC[C@@H](COC(=O)CCCCCCCCCCC(C)C)OC(=O)CCCCCCCCC(C)C. The van der Waals surface area contributed by atoms with Crippen molar-refractivity contribution in [2.24, 2.45) is 23.7 Å². The van der Waals surface area contributed by atoms with Crippen LogP contribution >= 0.6 is 15.6 Å². The zero-order chi connectivity index (χ0) is 64.7. The molecule has 87 heavy (non-hydrogen) atoms. The molecule has 5 atom stereocenters. The van der Waals surface area contributed by atoms with Crippen LogP contribution in [-0.4, -0.2) is 96.7 Å². The molecule has 0 saturated carbocycles. The largest absolute Gasteiger partial charge is 0.472 e. The van der Waals surface area contributed by atoms with E-state index in [0.717, 1.165) is 108 Å². The van der Waals surface area contributed by atoms with Gasteiger partial charge in [-0.15, -0.1) is 0 Å². The number of rotatable bonds is 65. The van der Waals surface area contributed by atoms with Gasteiger partial charge < -0.3 is 33.8 Å². The third-order valence-corrected chi connectivity index (χ3v) is 17.5. The summed E-state index contributed by atoms with van der Waals surface area (Å²) < 4.78 is 68.1. The van der Waals surface area contributed by atoms with Gasteiger partial charge in [-0.2, -0.15) is 0 Å². The Balaban J connectivity index is 5.18. The Bertz CT molecular complexity index is 1730. The highest BCUT2D eigenvalue weighted by Crippen LogP contribution is 2.45. The van der Waals surface area contributed by atoms with Gasteiger partial charge in [-0.1, -0.05) is 280 Å². The first-order valence-corrected chi connectivity index (χ1v) is 38.2. The van der Waals surface area contributed by atoms with Crippen LogP contribution < -0.4 is 0 Å². The van der Waals surface area contributed by atoms with E-state index in [-0.39, 0.29) is 25.7 Å². The molecule has 19 heteroatoms. The van der Waals surface area contributed by atoms with Crippen molar-refractivity contribution >= 4 is 39.5 Å². The number of carbonyl (C=O) groups excluding carboxylic acids is 4. The number of carbonyl (C=O) groups is 4. The van der Waals surface area contributed by atoms with Crippen LogP contribution in [0.2, 0.25) is 0 Å². The van der Waals surface area contributed by atoms with Gasteiger partial charge in [0.1, 0.15) is 19.3 Å². The molecule has 0 aromatic carbocycles. The third kappa shape index (κ3) is 62.6. The molecule has 0 heterocycles. The van der Waals surface area contributed by atoms with Gasteiger partial charge in [0, 0.05) is 25.7 Å². The van der Waals surface area contributed by atoms with Gasteiger partial charge in [0.15, 0.2) is 12.2 Å². The lowest BCUT2D eigenvalue weighted by atomic mass is 10.0. The van der Waals surface area contributed by atoms with Gasteiger partial charge in [0.05, 0.1) is 26.4 Å². The van der Waals surface area contributed by atoms with Crippen molar-refractivity contribution in [1.82, 2.24) is 0 Å². The van der Waals surface area contributed by atoms with Crippen LogP contribution in [0.15, 0.2) is 0 Å². The number of ether oxygens (including phenoxy) is 4. The van der Waals surface area contributed by atoms with Gasteiger partial charge in [0.2, 0.25) is 0 Å². The highest BCUT2D eigenvalue weighted by molar-refractivity contribution is 7.47. The Kier molecular flexibility index (Phi) is 56.6. The number of unbranched alkanes of at least 4 members (excludes halogenated alkanes) is 31. The molecule has 0 rings (SSSR count). The fourth-order valence-corrected chi connectivity index (χ4v) is 11.7. The van der Waals surface area contributed by atoms with E-state index in [1.165, 1.54) is 128 Å². The van der Waals surface area contributed by atoms with Crippen molar-refractivity contribution in [2.45, 2.75) is 350 Å². The molecule has 0 radical (unpaired) electrons. The molecule has 0 aliphatic rings. The van der Waals surface area contributed by atoms with E-state index in [1.807, 2.05) is 0 Å². The first-order valence-electron chi connectivity index (χ1n) is 35.2. The van der Waals surface area contributed by atoms with E-state index in [9.17, 15) is 43.2 Å². The summed E-state index contributed by atoms with van der Waals surface area (Å²) in [4.78, 5) is 72.3. The van der Waals surface area contributed by atoms with E-state index in [0.29, 0.717) is 37.5 Å². The number of phosphoric acid groups is 2. The summed E-state index contributed by atoms with van der Waals surface area (Å²) in [6.07, 6.45) is 39.4. The summed E-state index contributed by atoms with van der Waals surface area (Å²) in [6.45, 7) is 13.9. The molecule has 0 spiro atoms. The summed E-state index contributed by atoms with van der Waals surface area (Å²) in [7, 11) is -9.89. The predicted octanol–water partition coefficient (Wildman–Crippen LogP) is 18.9. The summed E-state index contributed by atoms with van der Waals surface area (Å²) in [6, 6.07) is 0. The molecular formula is C68H132O17P2. The Labute approximate surface area is 530 Å². The minimum Gasteiger partial charge on any atom is -0.462 e. The van der Waals surface area contributed by atoms with Crippen molar-refractivity contribution < 1.29 is 80.2 Å². The maximum Gasteiger partial charge on any atom is 0.472 e. The van der Waals surface area contributed by atoms with Crippen LogP contribution in [0.3, 0.4) is 0 Å². The number of aliphatic hydroxyl groups excluding tert-OH is 1. The first kappa shape index (κ1) is 85.1. The van der Waals surface area contributed by atoms with E-state index in [1.54, 1.807) is 0 Å². The van der Waals surface area contributed by atoms with Crippen LogP contribution in [-0.2, 0) is 65.4 Å². The Hall–Kier alpha value is -1.94. The van der Waals surface area contributed by atoms with Crippen molar-refractivity contribution in [3.8, 4) is 0 Å². The number of hydrogen-bond acceptors (Lipinski definition) is 15. The second kappa shape index (κ2) is 57.9. The van der Waals surface area contributed by atoms with Gasteiger partial charge in [-0.25, -0.2) is 9.13 Å². The Morgan fingerprint density at radius 2 is 0.483 bits per heavy atom. The molecule has 3 unspecified atom stereocenters. The summed E-state index contributed by atoms with van der Waals surface area (Å²) in [5.74, 6) is 0.739. The van der Waals surface area contributed by atoms with Gasteiger partial charge in [-0.3, -0.25) is 37.3 Å². The second-order valence-corrected chi connectivity index (χ2v) is 29.4. The molecule has 0 bridgehead atoms. The second-order valence-electron chi connectivity index (χ2n) is 26.5. The van der Waals surface area contributed by atoms with Crippen molar-refractivity contribution in [3.05, 3.63) is 0 Å². The Morgan fingerprint density at radius 3 is 0.713 bits per heavy atom. The van der Waals surface area contributed by atoms with Crippen molar-refractivity contribution in [3.63, 3.8) is 0 Å². The predicted molar refractivity (Wildman–Crippen MR) is 349 cm³/mol. The van der Waals surface area contributed by atoms with Crippen molar-refractivity contribution in [2.75, 3.05) is 39.6 Å². The molecule has 0 aliphatic carbocycles. The minimum atomic E-state index is -4.95. The van der Waals surface area contributed by atoms with Crippen LogP contribution in [0.5, 0.6) is 0 Å². The molecular weight excluding hydrogens is 1150 g/mol. The van der Waals surface area contributed by atoms with Crippen LogP contribution in [0.1, 0.15) is 331 Å². The van der Waals surface area contributed by atoms with Crippen LogP contribution in [0.4, 0.5) is 0 Å². The normalized spacial score (nSPS) is 14.3. The molecule has 17 nitrogen and oxygen atoms in total. The van der Waals surface area contributed by atoms with E-state index in [4.69, 9.17) is 37.0 Å². The number of esters is 4. The highest BCUT2D eigenvalue weighted by atomic mass is 31.2.